The van der Waals surface area contributed by atoms with Crippen LogP contribution in [0, 0.1) is 0 Å². The van der Waals surface area contributed by atoms with Crippen molar-refractivity contribution in [3.05, 3.63) is 0 Å². The highest BCUT2D eigenvalue weighted by atomic mass is 32.2. The van der Waals surface area contributed by atoms with Crippen LogP contribution in [0.15, 0.2) is 0 Å². The van der Waals surface area contributed by atoms with Crippen LogP contribution in [0.3, 0.4) is 0 Å². The van der Waals surface area contributed by atoms with Crippen LogP contribution < -0.4 is 10.0 Å². The first-order valence-corrected chi connectivity index (χ1v) is 9.08. The maximum Gasteiger partial charge on any atom is 0.211 e. The number of nitrogens with one attached hydrogen (secondary N) is 2. The molecule has 0 amide bonds. The van der Waals surface area contributed by atoms with Crippen LogP contribution in [0.4, 0.5) is 0 Å². The molecule has 1 saturated carbocycles. The zero-order valence-corrected chi connectivity index (χ0v) is 12.4. The second-order valence-electron chi connectivity index (χ2n) is 4.69. The minimum Gasteiger partial charge on any atom is -0.320 e. The van der Waals surface area contributed by atoms with E-state index in [9.17, 15) is 8.42 Å². The molecule has 0 bridgehead atoms. The predicted molar refractivity (Wildman–Crippen MR) is 75.0 cm³/mol. The third kappa shape index (κ3) is 5.16. The molecule has 0 radical (unpaired) electrons. The Morgan fingerprint density at radius 3 is 2.47 bits per heavy atom. The molecule has 1 aliphatic rings. The summed E-state index contributed by atoms with van der Waals surface area (Å²) in [4.78, 5) is 0. The average molecular weight is 280 g/mol. The molecular weight excluding hydrogens is 256 g/mol. The summed E-state index contributed by atoms with van der Waals surface area (Å²) >= 11 is 1.79. The number of sulfonamides is 1. The lowest BCUT2D eigenvalue weighted by molar-refractivity contribution is 0.361. The molecule has 0 aromatic heterocycles. The van der Waals surface area contributed by atoms with E-state index in [0.29, 0.717) is 6.54 Å². The molecule has 0 aromatic rings. The number of thioether (sulfide) groups is 1. The maximum atomic E-state index is 11.8. The van der Waals surface area contributed by atoms with Crippen molar-refractivity contribution in [1.29, 1.82) is 0 Å². The van der Waals surface area contributed by atoms with E-state index in [0.717, 1.165) is 32.2 Å². The van der Waals surface area contributed by atoms with Crippen molar-refractivity contribution in [2.24, 2.45) is 0 Å². The third-order valence-corrected chi connectivity index (χ3v) is 6.23. The zero-order chi connectivity index (χ0) is 12.8. The van der Waals surface area contributed by atoms with Gasteiger partial charge in [0.1, 0.15) is 0 Å². The Morgan fingerprint density at radius 2 is 2.00 bits per heavy atom. The quantitative estimate of drug-likeness (QED) is 0.623. The fourth-order valence-corrected chi connectivity index (χ4v) is 4.16. The van der Waals surface area contributed by atoms with E-state index in [2.05, 4.69) is 16.3 Å². The Bertz CT molecular complexity index is 308. The van der Waals surface area contributed by atoms with Gasteiger partial charge in [0.05, 0.1) is 5.75 Å². The van der Waals surface area contributed by atoms with Crippen molar-refractivity contribution < 1.29 is 8.42 Å². The van der Waals surface area contributed by atoms with Gasteiger partial charge in [-0.25, -0.2) is 13.1 Å². The van der Waals surface area contributed by atoms with E-state index in [1.54, 1.807) is 11.8 Å². The highest BCUT2D eigenvalue weighted by molar-refractivity contribution is 8.00. The molecule has 102 valence electrons. The van der Waals surface area contributed by atoms with Crippen molar-refractivity contribution >= 4 is 21.8 Å². The molecule has 0 aromatic carbocycles. The van der Waals surface area contributed by atoms with E-state index < -0.39 is 10.0 Å². The largest absolute Gasteiger partial charge is 0.320 e. The maximum absolute atomic E-state index is 11.8. The summed E-state index contributed by atoms with van der Waals surface area (Å²) in [6, 6.07) is 0. The molecular formula is C11H24N2O2S2. The molecule has 1 fully saturated rings. The molecule has 0 heterocycles. The van der Waals surface area contributed by atoms with E-state index >= 15 is 0 Å². The van der Waals surface area contributed by atoms with Crippen LogP contribution in [0.2, 0.25) is 0 Å². The van der Waals surface area contributed by atoms with E-state index in [1.807, 2.05) is 7.05 Å². The summed E-state index contributed by atoms with van der Waals surface area (Å²) in [6.45, 7) is 1.48. The van der Waals surface area contributed by atoms with Gasteiger partial charge in [-0.3, -0.25) is 0 Å². The second kappa shape index (κ2) is 6.97. The second-order valence-corrected chi connectivity index (χ2v) is 7.89. The molecule has 0 atom stereocenters. The normalized spacial score (nSPS) is 18.9. The van der Waals surface area contributed by atoms with Gasteiger partial charge in [0.2, 0.25) is 10.0 Å². The highest BCUT2D eigenvalue weighted by Gasteiger charge is 2.36. The fourth-order valence-electron chi connectivity index (χ4n) is 1.93. The highest BCUT2D eigenvalue weighted by Crippen LogP contribution is 2.42. The minimum absolute atomic E-state index is 0.179. The first-order valence-electron chi connectivity index (χ1n) is 6.21. The third-order valence-electron chi connectivity index (χ3n) is 3.40. The molecule has 0 unspecified atom stereocenters. The molecule has 1 rings (SSSR count). The van der Waals surface area contributed by atoms with Crippen LogP contribution in [0.1, 0.15) is 32.1 Å². The van der Waals surface area contributed by atoms with Crippen LogP contribution in [0.25, 0.3) is 0 Å². The van der Waals surface area contributed by atoms with Gasteiger partial charge >= 0.3 is 0 Å². The number of unbranched alkanes of at least 4 members (excludes halogenated alkanes) is 1. The summed E-state index contributed by atoms with van der Waals surface area (Å²) in [6.07, 6.45) is 7.20. The first kappa shape index (κ1) is 15.3. The Labute approximate surface area is 109 Å². The van der Waals surface area contributed by atoms with E-state index in [1.165, 1.54) is 6.42 Å². The van der Waals surface area contributed by atoms with Crippen molar-refractivity contribution in [3.8, 4) is 0 Å². The van der Waals surface area contributed by atoms with Crippen molar-refractivity contribution in [2.45, 2.75) is 36.9 Å². The van der Waals surface area contributed by atoms with Crippen molar-refractivity contribution in [3.63, 3.8) is 0 Å². The summed E-state index contributed by atoms with van der Waals surface area (Å²) in [5.41, 5.74) is 0. The van der Waals surface area contributed by atoms with Gasteiger partial charge in [-0.1, -0.05) is 6.42 Å². The average Bonchev–Trinajstić information content (AvgIpc) is 2.24. The molecule has 1 aliphatic carbocycles. The summed E-state index contributed by atoms with van der Waals surface area (Å²) in [5.74, 6) is 0.249. The molecule has 2 N–H and O–H groups in total. The Balaban J connectivity index is 2.24. The molecule has 0 aliphatic heterocycles. The van der Waals surface area contributed by atoms with Gasteiger partial charge in [0, 0.05) is 11.3 Å². The molecule has 17 heavy (non-hydrogen) atoms. The van der Waals surface area contributed by atoms with Gasteiger partial charge in [-0.2, -0.15) is 11.8 Å². The summed E-state index contributed by atoms with van der Waals surface area (Å²) in [7, 11) is -1.19. The Hall–Kier alpha value is 0.220. The van der Waals surface area contributed by atoms with Crippen molar-refractivity contribution in [2.75, 3.05) is 32.1 Å². The zero-order valence-electron chi connectivity index (χ0n) is 10.8. The van der Waals surface area contributed by atoms with Crippen LogP contribution in [-0.4, -0.2) is 45.3 Å². The number of hydrogen-bond donors (Lipinski definition) is 2. The summed E-state index contributed by atoms with van der Waals surface area (Å²) < 4.78 is 26.5. The molecule has 0 saturated heterocycles. The first-order chi connectivity index (χ1) is 8.04. The van der Waals surface area contributed by atoms with Crippen LogP contribution in [0.5, 0.6) is 0 Å². The van der Waals surface area contributed by atoms with E-state index in [-0.39, 0.29) is 10.5 Å². The van der Waals surface area contributed by atoms with Gasteiger partial charge in [0.15, 0.2) is 0 Å². The lowest BCUT2D eigenvalue weighted by atomic mass is 9.84. The van der Waals surface area contributed by atoms with Crippen LogP contribution >= 0.6 is 11.8 Å². The van der Waals surface area contributed by atoms with E-state index in [4.69, 9.17) is 0 Å². The van der Waals surface area contributed by atoms with Gasteiger partial charge < -0.3 is 5.32 Å². The van der Waals surface area contributed by atoms with Gasteiger partial charge in [0.25, 0.3) is 0 Å². The topological polar surface area (TPSA) is 58.2 Å². The molecule has 0 spiro atoms. The minimum atomic E-state index is -3.07. The molecule has 4 nitrogen and oxygen atoms in total. The van der Waals surface area contributed by atoms with Crippen LogP contribution in [-0.2, 0) is 10.0 Å². The van der Waals surface area contributed by atoms with Gasteiger partial charge in [-0.05, 0) is 45.5 Å². The predicted octanol–water partition coefficient (Wildman–Crippen LogP) is 1.19. The van der Waals surface area contributed by atoms with Crippen molar-refractivity contribution in [1.82, 2.24) is 10.0 Å². The fraction of sp³-hybridized carbons (Fsp3) is 1.00. The SMILES string of the molecule is CNCCCCS(=O)(=O)NCC1(SC)CCC1. The summed E-state index contributed by atoms with van der Waals surface area (Å²) in [5, 5.41) is 3.02. The lowest BCUT2D eigenvalue weighted by Gasteiger charge is -2.40. The lowest BCUT2D eigenvalue weighted by Crippen LogP contribution is -2.45. The Kier molecular flexibility index (Phi) is 6.26. The molecule has 6 heteroatoms. The monoisotopic (exact) mass is 280 g/mol. The smallest absolute Gasteiger partial charge is 0.211 e. The number of hydrogen-bond acceptors (Lipinski definition) is 4. The number of rotatable bonds is 9. The Morgan fingerprint density at radius 1 is 1.29 bits per heavy atom. The van der Waals surface area contributed by atoms with Gasteiger partial charge in [-0.15, -0.1) is 0 Å². The standard InChI is InChI=1S/C11H24N2O2S2/c1-12-8-3-4-9-17(14,15)13-10-11(16-2)6-5-7-11/h12-13H,3-10H2,1-2H3.